The molecule has 2 rings (SSSR count). The maximum Gasteiger partial charge on any atom is 0.275 e. The van der Waals surface area contributed by atoms with Crippen molar-refractivity contribution < 1.29 is 4.79 Å². The zero-order valence-electron chi connectivity index (χ0n) is 10.7. The van der Waals surface area contributed by atoms with Gasteiger partial charge in [-0.1, -0.05) is 37.6 Å². The molecule has 0 saturated heterocycles. The Balaban J connectivity index is 2.14. The molecule has 0 aliphatic rings. The zero-order chi connectivity index (χ0) is 13.8. The van der Waals surface area contributed by atoms with E-state index in [1.807, 2.05) is 24.3 Å². The highest BCUT2D eigenvalue weighted by molar-refractivity contribution is 6.29. The number of hydrogen-bond acceptors (Lipinski definition) is 3. The van der Waals surface area contributed by atoms with Crippen molar-refractivity contribution in [1.29, 1.82) is 0 Å². The summed E-state index contributed by atoms with van der Waals surface area (Å²) in [6.07, 6.45) is 2.70. The van der Waals surface area contributed by atoms with Crippen LogP contribution in [-0.4, -0.2) is 15.9 Å². The van der Waals surface area contributed by atoms with Gasteiger partial charge in [0.2, 0.25) is 0 Å². The van der Waals surface area contributed by atoms with Crippen molar-refractivity contribution in [3.8, 4) is 0 Å². The van der Waals surface area contributed by atoms with Crippen LogP contribution < -0.4 is 5.32 Å². The molecule has 98 valence electrons. The predicted molar refractivity (Wildman–Crippen MR) is 75.5 cm³/mol. The van der Waals surface area contributed by atoms with E-state index >= 15 is 0 Å². The Hall–Kier alpha value is -1.94. The Morgan fingerprint density at radius 3 is 2.68 bits per heavy atom. The first-order chi connectivity index (χ1) is 9.06. The molecule has 0 aliphatic heterocycles. The first kappa shape index (κ1) is 13.5. The molecule has 1 heterocycles. The minimum atomic E-state index is -0.301. The summed E-state index contributed by atoms with van der Waals surface area (Å²) >= 11 is 5.63. The third-order valence-corrected chi connectivity index (χ3v) is 2.86. The molecule has 0 saturated carbocycles. The molecular formula is C14H14ClN3O. The molecular weight excluding hydrogens is 262 g/mol. The summed E-state index contributed by atoms with van der Waals surface area (Å²) in [6.45, 7) is 4.21. The summed E-state index contributed by atoms with van der Waals surface area (Å²) in [5.74, 6) is 0.109. The van der Waals surface area contributed by atoms with Crippen molar-refractivity contribution in [1.82, 2.24) is 9.97 Å². The number of carbonyl (C=O) groups is 1. The molecule has 1 N–H and O–H groups in total. The molecule has 0 spiro atoms. The number of carbonyl (C=O) groups excluding carboxylic acids is 1. The molecule has 1 amide bonds. The number of aromatic nitrogens is 2. The lowest BCUT2D eigenvalue weighted by Crippen LogP contribution is -2.14. The summed E-state index contributed by atoms with van der Waals surface area (Å²) < 4.78 is 0. The van der Waals surface area contributed by atoms with E-state index < -0.39 is 0 Å². The Morgan fingerprint density at radius 2 is 2.05 bits per heavy atom. The molecule has 0 radical (unpaired) electrons. The summed E-state index contributed by atoms with van der Waals surface area (Å²) in [4.78, 5) is 19.7. The standard InChI is InChI=1S/C14H14ClN3O/c1-9(2)10-4-3-5-11(6-10)18-14(19)12-7-17-13(15)8-16-12/h3-9H,1-2H3,(H,18,19). The van der Waals surface area contributed by atoms with Crippen molar-refractivity contribution >= 4 is 23.2 Å². The third kappa shape index (κ3) is 3.51. The van der Waals surface area contributed by atoms with Crippen LogP contribution >= 0.6 is 11.6 Å². The number of anilines is 1. The van der Waals surface area contributed by atoms with E-state index in [1.165, 1.54) is 18.0 Å². The van der Waals surface area contributed by atoms with Gasteiger partial charge >= 0.3 is 0 Å². The molecule has 1 aromatic carbocycles. The highest BCUT2D eigenvalue weighted by Gasteiger charge is 2.09. The van der Waals surface area contributed by atoms with Crippen molar-refractivity contribution in [2.75, 3.05) is 5.32 Å². The number of rotatable bonds is 3. The van der Waals surface area contributed by atoms with Gasteiger partial charge in [0.25, 0.3) is 5.91 Å². The summed E-state index contributed by atoms with van der Waals surface area (Å²) in [7, 11) is 0. The van der Waals surface area contributed by atoms with Crippen LogP contribution in [-0.2, 0) is 0 Å². The zero-order valence-corrected chi connectivity index (χ0v) is 11.5. The van der Waals surface area contributed by atoms with E-state index in [0.717, 1.165) is 5.69 Å². The van der Waals surface area contributed by atoms with Gasteiger partial charge in [0.05, 0.1) is 12.4 Å². The lowest BCUT2D eigenvalue weighted by Gasteiger charge is -2.09. The second-order valence-corrected chi connectivity index (χ2v) is 4.85. The number of benzene rings is 1. The quantitative estimate of drug-likeness (QED) is 0.933. The molecule has 2 aromatic rings. The normalized spacial score (nSPS) is 10.5. The SMILES string of the molecule is CC(C)c1cccc(NC(=O)c2cnc(Cl)cn2)c1. The van der Waals surface area contributed by atoms with Crippen molar-refractivity contribution in [3.05, 3.63) is 53.1 Å². The maximum absolute atomic E-state index is 11.9. The van der Waals surface area contributed by atoms with E-state index in [4.69, 9.17) is 11.6 Å². The molecule has 0 atom stereocenters. The topological polar surface area (TPSA) is 54.9 Å². The summed E-state index contributed by atoms with van der Waals surface area (Å²) in [5, 5.41) is 3.05. The lowest BCUT2D eigenvalue weighted by atomic mass is 10.0. The molecule has 5 heteroatoms. The second kappa shape index (κ2) is 5.80. The van der Waals surface area contributed by atoms with Crippen molar-refractivity contribution in [3.63, 3.8) is 0 Å². The Bertz CT molecular complexity index is 581. The van der Waals surface area contributed by atoms with Crippen molar-refractivity contribution in [2.45, 2.75) is 19.8 Å². The minimum absolute atomic E-state index is 0.236. The van der Waals surface area contributed by atoms with E-state index in [0.29, 0.717) is 5.92 Å². The molecule has 0 unspecified atom stereocenters. The Morgan fingerprint density at radius 1 is 1.26 bits per heavy atom. The fourth-order valence-corrected chi connectivity index (χ4v) is 1.70. The highest BCUT2D eigenvalue weighted by atomic mass is 35.5. The number of amides is 1. The number of hydrogen-bond donors (Lipinski definition) is 1. The second-order valence-electron chi connectivity index (χ2n) is 4.46. The first-order valence-corrected chi connectivity index (χ1v) is 6.33. The minimum Gasteiger partial charge on any atom is -0.321 e. The largest absolute Gasteiger partial charge is 0.321 e. The average molecular weight is 276 g/mol. The fraction of sp³-hybridized carbons (Fsp3) is 0.214. The molecule has 19 heavy (non-hydrogen) atoms. The number of nitrogens with one attached hydrogen (secondary N) is 1. The summed E-state index contributed by atoms with van der Waals surface area (Å²) in [5.41, 5.74) is 2.15. The number of nitrogens with zero attached hydrogens (tertiary/aromatic N) is 2. The highest BCUT2D eigenvalue weighted by Crippen LogP contribution is 2.18. The van der Waals surface area contributed by atoms with E-state index in [-0.39, 0.29) is 16.8 Å². The van der Waals surface area contributed by atoms with Gasteiger partial charge in [0.1, 0.15) is 10.8 Å². The van der Waals surface area contributed by atoms with E-state index in [9.17, 15) is 4.79 Å². The van der Waals surface area contributed by atoms with Gasteiger partial charge in [0, 0.05) is 5.69 Å². The van der Waals surface area contributed by atoms with Crippen LogP contribution in [0.3, 0.4) is 0 Å². The van der Waals surface area contributed by atoms with Gasteiger partial charge in [-0.05, 0) is 23.6 Å². The molecule has 0 aliphatic carbocycles. The predicted octanol–water partition coefficient (Wildman–Crippen LogP) is 3.51. The maximum atomic E-state index is 11.9. The number of halogens is 1. The lowest BCUT2D eigenvalue weighted by molar-refractivity contribution is 0.102. The monoisotopic (exact) mass is 275 g/mol. The summed E-state index contributed by atoms with van der Waals surface area (Å²) in [6, 6.07) is 7.74. The van der Waals surface area contributed by atoms with Gasteiger partial charge in [-0.25, -0.2) is 9.97 Å². The van der Waals surface area contributed by atoms with Gasteiger partial charge in [-0.3, -0.25) is 4.79 Å². The van der Waals surface area contributed by atoms with E-state index in [1.54, 1.807) is 0 Å². The van der Waals surface area contributed by atoms with Gasteiger partial charge < -0.3 is 5.32 Å². The van der Waals surface area contributed by atoms with Crippen LogP contribution in [0.15, 0.2) is 36.7 Å². The van der Waals surface area contributed by atoms with Crippen LogP contribution in [0.1, 0.15) is 35.8 Å². The van der Waals surface area contributed by atoms with Gasteiger partial charge in [-0.15, -0.1) is 0 Å². The van der Waals surface area contributed by atoms with Crippen LogP contribution in [0, 0.1) is 0 Å². The van der Waals surface area contributed by atoms with Crippen LogP contribution in [0.4, 0.5) is 5.69 Å². The van der Waals surface area contributed by atoms with Crippen LogP contribution in [0.2, 0.25) is 5.15 Å². The van der Waals surface area contributed by atoms with Crippen molar-refractivity contribution in [2.24, 2.45) is 0 Å². The average Bonchev–Trinajstić information content (AvgIpc) is 2.39. The molecule has 1 aromatic heterocycles. The van der Waals surface area contributed by atoms with E-state index in [2.05, 4.69) is 29.1 Å². The third-order valence-electron chi connectivity index (χ3n) is 2.66. The smallest absolute Gasteiger partial charge is 0.275 e. The molecule has 4 nitrogen and oxygen atoms in total. The Labute approximate surface area is 116 Å². The van der Waals surface area contributed by atoms with Gasteiger partial charge in [-0.2, -0.15) is 0 Å². The molecule has 0 fully saturated rings. The van der Waals surface area contributed by atoms with Crippen LogP contribution in [0.5, 0.6) is 0 Å². The van der Waals surface area contributed by atoms with Crippen LogP contribution in [0.25, 0.3) is 0 Å². The fourth-order valence-electron chi connectivity index (χ4n) is 1.60. The van der Waals surface area contributed by atoms with Gasteiger partial charge in [0.15, 0.2) is 0 Å². The first-order valence-electron chi connectivity index (χ1n) is 5.95. The Kier molecular flexibility index (Phi) is 4.12. The molecule has 0 bridgehead atoms.